The Labute approximate surface area is 99.0 Å². The first-order chi connectivity index (χ1) is 5.82. The van der Waals surface area contributed by atoms with Gasteiger partial charge in [0.05, 0.1) is 10.5 Å². The lowest BCUT2D eigenvalue weighted by Crippen LogP contribution is -2.06. The van der Waals surface area contributed by atoms with Crippen molar-refractivity contribution in [2.45, 2.75) is 17.9 Å². The van der Waals surface area contributed by atoms with E-state index >= 15 is 0 Å². The molecular weight excluding hydrogens is 382 g/mol. The van der Waals surface area contributed by atoms with Gasteiger partial charge in [-0.1, -0.05) is 15.9 Å². The summed E-state index contributed by atoms with van der Waals surface area (Å²) in [6, 6.07) is 0. The lowest BCUT2D eigenvalue weighted by atomic mass is 10.3. The van der Waals surface area contributed by atoms with Gasteiger partial charge in [-0.25, -0.2) is 4.98 Å². The average molecular weight is 386 g/mol. The van der Waals surface area contributed by atoms with Crippen LogP contribution in [0.15, 0.2) is 0 Å². The molecule has 74 valence electrons. The predicted molar refractivity (Wildman–Crippen MR) is 57.2 cm³/mol. The molecular formula is C6H4BrF3INS. The zero-order valence-electron chi connectivity index (χ0n) is 6.32. The van der Waals surface area contributed by atoms with Gasteiger partial charge in [0.2, 0.25) is 0 Å². The van der Waals surface area contributed by atoms with Crippen LogP contribution in [0.1, 0.15) is 22.3 Å². The maximum absolute atomic E-state index is 12.4. The summed E-state index contributed by atoms with van der Waals surface area (Å²) in [6.45, 7) is 1.63. The molecule has 0 bridgehead atoms. The van der Waals surface area contributed by atoms with E-state index in [1.165, 1.54) is 0 Å². The molecule has 1 atom stereocenters. The number of hydrogen-bond acceptors (Lipinski definition) is 2. The Balaban J connectivity index is 3.20. The van der Waals surface area contributed by atoms with Gasteiger partial charge in [-0.3, -0.25) is 0 Å². The highest BCUT2D eigenvalue weighted by Gasteiger charge is 2.37. The molecule has 1 heterocycles. The maximum atomic E-state index is 12.4. The van der Waals surface area contributed by atoms with Crippen LogP contribution in [0.25, 0.3) is 0 Å². The standard InChI is InChI=1S/C6H4BrF3INS/c1-2(7)3-4(6(8,9)10)13-5(11)12-3/h2H,1H3. The second-order valence-corrected chi connectivity index (χ2v) is 6.42. The largest absolute Gasteiger partial charge is 0.427 e. The van der Waals surface area contributed by atoms with Crippen molar-refractivity contribution in [2.75, 3.05) is 0 Å². The molecule has 0 fully saturated rings. The topological polar surface area (TPSA) is 12.9 Å². The Morgan fingerprint density at radius 2 is 2.08 bits per heavy atom. The summed E-state index contributed by atoms with van der Waals surface area (Å²) >= 11 is 5.54. The highest BCUT2D eigenvalue weighted by atomic mass is 127. The first-order valence-corrected chi connectivity index (χ1v) is 6.01. The predicted octanol–water partition coefficient (Wildman–Crippen LogP) is 4.22. The maximum Gasteiger partial charge on any atom is 0.427 e. The van der Waals surface area contributed by atoms with Gasteiger partial charge in [0.15, 0.2) is 3.01 Å². The number of rotatable bonds is 1. The summed E-state index contributed by atoms with van der Waals surface area (Å²) in [6.07, 6.45) is -4.29. The molecule has 1 aromatic rings. The van der Waals surface area contributed by atoms with Gasteiger partial charge in [-0.15, -0.1) is 11.3 Å². The van der Waals surface area contributed by atoms with Crippen LogP contribution >= 0.6 is 49.9 Å². The minimum absolute atomic E-state index is 0.0712. The number of thiazole rings is 1. The van der Waals surface area contributed by atoms with Crippen LogP contribution in [0, 0.1) is 3.01 Å². The van der Waals surface area contributed by atoms with Crippen molar-refractivity contribution in [1.82, 2.24) is 4.98 Å². The molecule has 1 unspecified atom stereocenters. The molecule has 0 amide bonds. The smallest absolute Gasteiger partial charge is 0.233 e. The van der Waals surface area contributed by atoms with E-state index < -0.39 is 11.1 Å². The molecule has 0 radical (unpaired) electrons. The van der Waals surface area contributed by atoms with Gasteiger partial charge in [0.1, 0.15) is 4.88 Å². The lowest BCUT2D eigenvalue weighted by Gasteiger charge is -2.06. The van der Waals surface area contributed by atoms with E-state index in [2.05, 4.69) is 20.9 Å². The fourth-order valence-corrected chi connectivity index (χ4v) is 2.94. The Morgan fingerprint density at radius 1 is 1.54 bits per heavy atom. The van der Waals surface area contributed by atoms with Crippen molar-refractivity contribution < 1.29 is 13.2 Å². The van der Waals surface area contributed by atoms with Crippen LogP contribution < -0.4 is 0 Å². The lowest BCUT2D eigenvalue weighted by molar-refractivity contribution is -0.135. The van der Waals surface area contributed by atoms with E-state index in [1.54, 1.807) is 29.5 Å². The number of halogens is 5. The van der Waals surface area contributed by atoms with Gasteiger partial charge in [0.25, 0.3) is 0 Å². The summed E-state index contributed by atoms with van der Waals surface area (Å²) in [5.41, 5.74) is 0.0712. The van der Waals surface area contributed by atoms with Gasteiger partial charge in [0, 0.05) is 0 Å². The molecule has 0 spiro atoms. The quantitative estimate of drug-likeness (QED) is 0.521. The van der Waals surface area contributed by atoms with Crippen LogP contribution in [0.3, 0.4) is 0 Å². The summed E-state index contributed by atoms with van der Waals surface area (Å²) in [5, 5.41) is 0. The molecule has 13 heavy (non-hydrogen) atoms. The monoisotopic (exact) mass is 385 g/mol. The van der Waals surface area contributed by atoms with Gasteiger partial charge in [-0.2, -0.15) is 13.2 Å². The van der Waals surface area contributed by atoms with Crippen LogP contribution in [0.4, 0.5) is 13.2 Å². The fourth-order valence-electron chi connectivity index (χ4n) is 0.777. The van der Waals surface area contributed by atoms with Crippen LogP contribution in [0.5, 0.6) is 0 Å². The number of hydrogen-bond donors (Lipinski definition) is 0. The van der Waals surface area contributed by atoms with E-state index in [1.807, 2.05) is 0 Å². The van der Waals surface area contributed by atoms with Crippen molar-refractivity contribution in [3.63, 3.8) is 0 Å². The van der Waals surface area contributed by atoms with Crippen LogP contribution in [-0.4, -0.2) is 4.98 Å². The van der Waals surface area contributed by atoms with Crippen LogP contribution in [0.2, 0.25) is 0 Å². The third-order valence-electron chi connectivity index (χ3n) is 1.26. The third kappa shape index (κ3) is 2.79. The van der Waals surface area contributed by atoms with Crippen molar-refractivity contribution in [1.29, 1.82) is 0 Å². The van der Waals surface area contributed by atoms with E-state index in [0.29, 0.717) is 14.4 Å². The molecule has 1 nitrogen and oxygen atoms in total. The second kappa shape index (κ2) is 4.01. The molecule has 1 aromatic heterocycles. The minimum Gasteiger partial charge on any atom is -0.233 e. The first kappa shape index (κ1) is 11.7. The van der Waals surface area contributed by atoms with Crippen molar-refractivity contribution in [2.24, 2.45) is 0 Å². The molecule has 7 heteroatoms. The van der Waals surface area contributed by atoms with Gasteiger partial charge in [-0.05, 0) is 29.5 Å². The number of aromatic nitrogens is 1. The van der Waals surface area contributed by atoms with Crippen molar-refractivity contribution in [3.8, 4) is 0 Å². The zero-order valence-corrected chi connectivity index (χ0v) is 10.9. The van der Waals surface area contributed by atoms with E-state index in [0.717, 1.165) is 0 Å². The van der Waals surface area contributed by atoms with Gasteiger partial charge >= 0.3 is 6.18 Å². The normalized spacial score (nSPS) is 14.6. The first-order valence-electron chi connectivity index (χ1n) is 3.20. The van der Waals surface area contributed by atoms with Gasteiger partial charge < -0.3 is 0 Å². The Kier molecular flexibility index (Phi) is 3.61. The van der Waals surface area contributed by atoms with Crippen molar-refractivity contribution >= 4 is 49.9 Å². The number of nitrogens with zero attached hydrogens (tertiary/aromatic N) is 1. The SMILES string of the molecule is CC(Br)c1nc(I)sc1C(F)(F)F. The van der Waals surface area contributed by atoms with Crippen molar-refractivity contribution in [3.05, 3.63) is 13.6 Å². The third-order valence-corrected chi connectivity index (χ3v) is 3.50. The second-order valence-electron chi connectivity index (χ2n) is 2.29. The summed E-state index contributed by atoms with van der Waals surface area (Å²) in [5.74, 6) is 0. The molecule has 0 aromatic carbocycles. The van der Waals surface area contributed by atoms with E-state index in [-0.39, 0.29) is 10.5 Å². The highest BCUT2D eigenvalue weighted by molar-refractivity contribution is 14.1. The summed E-state index contributed by atoms with van der Waals surface area (Å²) in [7, 11) is 0. The van der Waals surface area contributed by atoms with E-state index in [9.17, 15) is 13.2 Å². The Hall–Kier alpha value is 0.630. The summed E-state index contributed by atoms with van der Waals surface area (Å²) < 4.78 is 37.5. The minimum atomic E-state index is -4.29. The zero-order chi connectivity index (χ0) is 10.2. The van der Waals surface area contributed by atoms with Crippen LogP contribution in [-0.2, 0) is 6.18 Å². The Bertz CT molecular complexity index is 309. The molecule has 0 aliphatic heterocycles. The molecule has 0 aliphatic rings. The molecule has 0 N–H and O–H groups in total. The average Bonchev–Trinajstić information content (AvgIpc) is 2.29. The number of alkyl halides is 4. The fraction of sp³-hybridized carbons (Fsp3) is 0.500. The van der Waals surface area contributed by atoms with E-state index in [4.69, 9.17) is 0 Å². The highest BCUT2D eigenvalue weighted by Crippen LogP contribution is 2.40. The molecule has 1 rings (SSSR count). The Morgan fingerprint density at radius 3 is 2.38 bits per heavy atom. The molecule has 0 saturated carbocycles. The molecule has 0 aliphatic carbocycles. The summed E-state index contributed by atoms with van der Waals surface area (Å²) in [4.78, 5) is 2.83. The molecule has 0 saturated heterocycles.